The molecular weight excluding hydrogens is 126 g/mol. The highest BCUT2D eigenvalue weighted by Gasteiger charge is 2.05. The number of hydrogen-bond acceptors (Lipinski definition) is 1. The lowest BCUT2D eigenvalue weighted by Crippen LogP contribution is -2.40. The third kappa shape index (κ3) is 2.25. The molecule has 0 aromatic heterocycles. The predicted molar refractivity (Wildman–Crippen MR) is 45.3 cm³/mol. The van der Waals surface area contributed by atoms with E-state index in [0.717, 1.165) is 5.96 Å². The zero-order valence-corrected chi connectivity index (χ0v) is 7.47. The molecule has 1 N–H and O–H groups in total. The maximum atomic E-state index is 4.06. The third-order valence-corrected chi connectivity index (χ3v) is 1.54. The largest absolute Gasteiger partial charge is 0.359 e. The van der Waals surface area contributed by atoms with Crippen molar-refractivity contribution in [3.05, 3.63) is 0 Å². The first-order valence-electron chi connectivity index (χ1n) is 3.50. The molecule has 0 unspecified atom stereocenters. The van der Waals surface area contributed by atoms with Gasteiger partial charge in [-0.1, -0.05) is 0 Å². The summed E-state index contributed by atoms with van der Waals surface area (Å²) in [6.45, 7) is 4.26. The van der Waals surface area contributed by atoms with Crippen LogP contribution in [0.25, 0.3) is 0 Å². The van der Waals surface area contributed by atoms with E-state index in [1.54, 1.807) is 7.05 Å². The number of rotatable bonds is 1. The topological polar surface area (TPSA) is 27.6 Å². The highest BCUT2D eigenvalue weighted by molar-refractivity contribution is 5.79. The quantitative estimate of drug-likeness (QED) is 0.428. The lowest BCUT2D eigenvalue weighted by Gasteiger charge is -2.24. The zero-order chi connectivity index (χ0) is 8.15. The Morgan fingerprint density at radius 1 is 1.50 bits per heavy atom. The second-order valence-electron chi connectivity index (χ2n) is 2.50. The summed E-state index contributed by atoms with van der Waals surface area (Å²) in [5, 5.41) is 3.01. The van der Waals surface area contributed by atoms with Crippen molar-refractivity contribution in [3.8, 4) is 0 Å². The van der Waals surface area contributed by atoms with Crippen molar-refractivity contribution >= 4 is 5.96 Å². The van der Waals surface area contributed by atoms with Crippen molar-refractivity contribution in [3.63, 3.8) is 0 Å². The lowest BCUT2D eigenvalue weighted by molar-refractivity contribution is 0.405. The molecule has 10 heavy (non-hydrogen) atoms. The smallest absolute Gasteiger partial charge is 0.193 e. The van der Waals surface area contributed by atoms with E-state index < -0.39 is 0 Å². The Hall–Kier alpha value is -0.730. The van der Waals surface area contributed by atoms with Gasteiger partial charge in [0.25, 0.3) is 0 Å². The van der Waals surface area contributed by atoms with Gasteiger partial charge in [-0.25, -0.2) is 0 Å². The van der Waals surface area contributed by atoms with Crippen LogP contribution in [0.2, 0.25) is 0 Å². The van der Waals surface area contributed by atoms with E-state index in [4.69, 9.17) is 0 Å². The Kier molecular flexibility index (Phi) is 3.84. The van der Waals surface area contributed by atoms with Gasteiger partial charge in [0.15, 0.2) is 5.96 Å². The highest BCUT2D eigenvalue weighted by atomic mass is 15.3. The molecule has 0 radical (unpaired) electrons. The van der Waals surface area contributed by atoms with Crippen LogP contribution in [-0.4, -0.2) is 38.0 Å². The molecule has 0 heterocycles. The van der Waals surface area contributed by atoms with Crippen molar-refractivity contribution in [2.24, 2.45) is 4.99 Å². The first-order chi connectivity index (χ1) is 4.63. The van der Waals surface area contributed by atoms with Crippen molar-refractivity contribution in [2.75, 3.05) is 21.1 Å². The van der Waals surface area contributed by atoms with Crippen LogP contribution in [0.4, 0.5) is 0 Å². The molecule has 0 saturated carbocycles. The van der Waals surface area contributed by atoms with Crippen molar-refractivity contribution in [2.45, 2.75) is 19.9 Å². The van der Waals surface area contributed by atoms with E-state index in [1.165, 1.54) is 0 Å². The monoisotopic (exact) mass is 143 g/mol. The van der Waals surface area contributed by atoms with Gasteiger partial charge in [0.1, 0.15) is 0 Å². The molecule has 0 aromatic carbocycles. The van der Waals surface area contributed by atoms with Crippen LogP contribution in [-0.2, 0) is 0 Å². The Labute approximate surface area is 63.1 Å². The average molecular weight is 143 g/mol. The Balaban J connectivity index is 4.03. The summed E-state index contributed by atoms with van der Waals surface area (Å²) >= 11 is 0. The molecule has 0 aliphatic carbocycles. The molecule has 0 bridgehead atoms. The van der Waals surface area contributed by atoms with Gasteiger partial charge in [-0.3, -0.25) is 4.99 Å². The van der Waals surface area contributed by atoms with Gasteiger partial charge in [0, 0.05) is 27.2 Å². The molecule has 0 atom stereocenters. The normalized spacial score (nSPS) is 12.0. The maximum Gasteiger partial charge on any atom is 0.193 e. The van der Waals surface area contributed by atoms with Gasteiger partial charge < -0.3 is 10.2 Å². The fourth-order valence-corrected chi connectivity index (χ4v) is 0.690. The second kappa shape index (κ2) is 4.14. The lowest BCUT2D eigenvalue weighted by atomic mass is 10.4. The van der Waals surface area contributed by atoms with E-state index in [1.807, 2.05) is 14.1 Å². The van der Waals surface area contributed by atoms with Crippen LogP contribution in [0.3, 0.4) is 0 Å². The maximum absolute atomic E-state index is 4.06. The SMILES string of the molecule is CN=C(NC)N(C)C(C)C. The molecule has 0 aromatic rings. The van der Waals surface area contributed by atoms with E-state index in [-0.39, 0.29) is 0 Å². The zero-order valence-electron chi connectivity index (χ0n) is 7.47. The van der Waals surface area contributed by atoms with Gasteiger partial charge in [-0.05, 0) is 13.8 Å². The van der Waals surface area contributed by atoms with Crippen LogP contribution < -0.4 is 5.32 Å². The van der Waals surface area contributed by atoms with Crippen LogP contribution in [0.15, 0.2) is 4.99 Å². The van der Waals surface area contributed by atoms with Gasteiger partial charge in [-0.2, -0.15) is 0 Å². The summed E-state index contributed by atoms with van der Waals surface area (Å²) in [5.41, 5.74) is 0. The first kappa shape index (κ1) is 9.27. The first-order valence-corrected chi connectivity index (χ1v) is 3.50. The molecule has 3 nitrogen and oxygen atoms in total. The Bertz CT molecular complexity index is 118. The molecule has 3 heteroatoms. The van der Waals surface area contributed by atoms with Crippen LogP contribution in [0, 0.1) is 0 Å². The van der Waals surface area contributed by atoms with Crippen molar-refractivity contribution in [1.82, 2.24) is 10.2 Å². The van der Waals surface area contributed by atoms with Crippen LogP contribution in [0.5, 0.6) is 0 Å². The third-order valence-electron chi connectivity index (χ3n) is 1.54. The summed E-state index contributed by atoms with van der Waals surface area (Å²) in [6, 6.07) is 0.492. The standard InChI is InChI=1S/C7H17N3/c1-6(2)10(5)7(8-3)9-4/h6H,1-5H3,(H,8,9). The number of guanidine groups is 1. The van der Waals surface area contributed by atoms with E-state index in [9.17, 15) is 0 Å². The molecule has 60 valence electrons. The van der Waals surface area contributed by atoms with Crippen molar-refractivity contribution < 1.29 is 0 Å². The molecule has 0 fully saturated rings. The summed E-state index contributed by atoms with van der Waals surface area (Å²) in [5.74, 6) is 0.926. The van der Waals surface area contributed by atoms with E-state index >= 15 is 0 Å². The van der Waals surface area contributed by atoms with Gasteiger partial charge in [0.2, 0.25) is 0 Å². The molecule has 0 aliphatic rings. The average Bonchev–Trinajstić information content (AvgIpc) is 1.90. The summed E-state index contributed by atoms with van der Waals surface area (Å²) < 4.78 is 0. The number of hydrogen-bond donors (Lipinski definition) is 1. The number of nitrogens with zero attached hydrogens (tertiary/aromatic N) is 2. The number of aliphatic imine (C=N–C) groups is 1. The van der Waals surface area contributed by atoms with Crippen molar-refractivity contribution in [1.29, 1.82) is 0 Å². The van der Waals surface area contributed by atoms with Gasteiger partial charge in [-0.15, -0.1) is 0 Å². The fraction of sp³-hybridized carbons (Fsp3) is 0.857. The summed E-state index contributed by atoms with van der Waals surface area (Å²) in [4.78, 5) is 6.14. The summed E-state index contributed by atoms with van der Waals surface area (Å²) in [7, 11) is 5.68. The minimum Gasteiger partial charge on any atom is -0.359 e. The predicted octanol–water partition coefficient (Wildman–Crippen LogP) is 0.532. The van der Waals surface area contributed by atoms with Gasteiger partial charge >= 0.3 is 0 Å². The summed E-state index contributed by atoms with van der Waals surface area (Å²) in [6.07, 6.45) is 0. The van der Waals surface area contributed by atoms with E-state index in [0.29, 0.717) is 6.04 Å². The minimum absolute atomic E-state index is 0.492. The van der Waals surface area contributed by atoms with Gasteiger partial charge in [0.05, 0.1) is 0 Å². The molecule has 0 amide bonds. The fourth-order valence-electron chi connectivity index (χ4n) is 0.690. The molecule has 0 spiro atoms. The van der Waals surface area contributed by atoms with E-state index in [2.05, 4.69) is 29.1 Å². The molecule has 0 rings (SSSR count). The molecule has 0 aliphatic heterocycles. The second-order valence-corrected chi connectivity index (χ2v) is 2.50. The molecule has 0 saturated heterocycles. The van der Waals surface area contributed by atoms with Crippen LogP contribution >= 0.6 is 0 Å². The Morgan fingerprint density at radius 3 is 2.10 bits per heavy atom. The number of nitrogens with one attached hydrogen (secondary N) is 1. The van der Waals surface area contributed by atoms with Crippen LogP contribution in [0.1, 0.15) is 13.8 Å². The Morgan fingerprint density at radius 2 is 2.00 bits per heavy atom. The molecular formula is C7H17N3. The minimum atomic E-state index is 0.492. The highest BCUT2D eigenvalue weighted by Crippen LogP contribution is 1.92.